The van der Waals surface area contributed by atoms with Crippen LogP contribution in [-0.4, -0.2) is 23.8 Å². The summed E-state index contributed by atoms with van der Waals surface area (Å²) in [6.07, 6.45) is 0.743. The molecule has 5 heteroatoms. The van der Waals surface area contributed by atoms with Gasteiger partial charge in [-0.1, -0.05) is 6.07 Å². The molecule has 0 atom stereocenters. The third-order valence-electron chi connectivity index (χ3n) is 2.41. The van der Waals surface area contributed by atoms with Crippen molar-refractivity contribution in [3.05, 3.63) is 34.1 Å². The summed E-state index contributed by atoms with van der Waals surface area (Å²) in [5.74, 6) is 1.21. The average molecular weight is 296 g/mol. The first-order valence-corrected chi connectivity index (χ1v) is 6.23. The van der Waals surface area contributed by atoms with Gasteiger partial charge in [-0.25, -0.2) is 0 Å². The molecule has 0 aliphatic carbocycles. The molecular formula is C12H14BrN3O. The molecule has 1 N–H and O–H groups in total. The van der Waals surface area contributed by atoms with E-state index in [0.29, 0.717) is 11.8 Å². The Labute approximate surface area is 109 Å². The Balaban J connectivity index is 2.24. The minimum Gasteiger partial charge on any atom is -0.421 e. The molecule has 0 aliphatic heterocycles. The molecule has 2 aromatic rings. The van der Waals surface area contributed by atoms with E-state index in [9.17, 15) is 0 Å². The molecule has 2 rings (SSSR count). The zero-order chi connectivity index (χ0) is 12.3. The Morgan fingerprint density at radius 3 is 2.88 bits per heavy atom. The number of aryl methyl sites for hydroxylation is 1. The molecule has 0 saturated heterocycles. The Kier molecular flexibility index (Phi) is 3.91. The number of rotatable bonds is 4. The number of hydrogen-bond acceptors (Lipinski definition) is 4. The van der Waals surface area contributed by atoms with E-state index in [2.05, 4.69) is 31.4 Å². The fourth-order valence-corrected chi connectivity index (χ4v) is 2.15. The number of nitrogens with zero attached hydrogens (tertiary/aromatic N) is 2. The Morgan fingerprint density at radius 2 is 2.18 bits per heavy atom. The largest absolute Gasteiger partial charge is 0.421 e. The van der Waals surface area contributed by atoms with Crippen LogP contribution < -0.4 is 5.32 Å². The molecule has 0 unspecified atom stereocenters. The smallest absolute Gasteiger partial charge is 0.248 e. The van der Waals surface area contributed by atoms with Crippen molar-refractivity contribution in [1.29, 1.82) is 0 Å². The predicted octanol–water partition coefficient (Wildman–Crippen LogP) is 2.57. The van der Waals surface area contributed by atoms with Crippen LogP contribution >= 0.6 is 15.9 Å². The maximum atomic E-state index is 5.60. The van der Waals surface area contributed by atoms with Gasteiger partial charge in [-0.15, -0.1) is 10.2 Å². The monoisotopic (exact) mass is 295 g/mol. The van der Waals surface area contributed by atoms with Gasteiger partial charge in [0.05, 0.1) is 5.56 Å². The zero-order valence-electron chi connectivity index (χ0n) is 9.83. The Bertz CT molecular complexity index is 510. The van der Waals surface area contributed by atoms with Crippen LogP contribution in [0.5, 0.6) is 0 Å². The van der Waals surface area contributed by atoms with E-state index in [1.807, 2.05) is 32.2 Å². The van der Waals surface area contributed by atoms with Crippen molar-refractivity contribution in [3.8, 4) is 11.5 Å². The van der Waals surface area contributed by atoms with Gasteiger partial charge >= 0.3 is 0 Å². The molecule has 0 amide bonds. The average Bonchev–Trinajstić information content (AvgIpc) is 2.75. The second-order valence-corrected chi connectivity index (χ2v) is 4.69. The zero-order valence-corrected chi connectivity index (χ0v) is 11.4. The van der Waals surface area contributed by atoms with Gasteiger partial charge in [-0.2, -0.15) is 0 Å². The van der Waals surface area contributed by atoms with Crippen molar-refractivity contribution in [2.45, 2.75) is 13.3 Å². The molecule has 1 aromatic heterocycles. The summed E-state index contributed by atoms with van der Waals surface area (Å²) in [6, 6.07) is 6.04. The molecule has 0 aliphatic rings. The molecule has 4 nitrogen and oxygen atoms in total. The highest BCUT2D eigenvalue weighted by Gasteiger charge is 2.11. The summed E-state index contributed by atoms with van der Waals surface area (Å²) in [4.78, 5) is 0. The van der Waals surface area contributed by atoms with Crippen LogP contribution in [0.1, 0.15) is 11.5 Å². The summed E-state index contributed by atoms with van der Waals surface area (Å²) in [6.45, 7) is 2.87. The van der Waals surface area contributed by atoms with E-state index in [0.717, 1.165) is 23.0 Å². The lowest BCUT2D eigenvalue weighted by molar-refractivity contribution is 0.500. The molecule has 0 bridgehead atoms. The van der Waals surface area contributed by atoms with E-state index in [1.165, 1.54) is 5.56 Å². The van der Waals surface area contributed by atoms with Gasteiger partial charge in [0.2, 0.25) is 11.8 Å². The van der Waals surface area contributed by atoms with Crippen LogP contribution in [0.2, 0.25) is 0 Å². The van der Waals surface area contributed by atoms with Crippen LogP contribution in [-0.2, 0) is 6.42 Å². The van der Waals surface area contributed by atoms with Crippen LogP contribution in [0.15, 0.2) is 27.1 Å². The molecule has 17 heavy (non-hydrogen) atoms. The first kappa shape index (κ1) is 12.3. The summed E-state index contributed by atoms with van der Waals surface area (Å²) in [5.41, 5.74) is 2.12. The molecule has 0 spiro atoms. The standard InChI is InChI=1S/C12H14BrN3O/c1-8-3-4-9(10(13)7-8)12-16-15-11(17-12)5-6-14-2/h3-4,7,14H,5-6H2,1-2H3. The molecule has 1 heterocycles. The minimum atomic E-state index is 0.558. The van der Waals surface area contributed by atoms with Gasteiger partial charge in [0.15, 0.2) is 0 Å². The van der Waals surface area contributed by atoms with Crippen molar-refractivity contribution in [1.82, 2.24) is 15.5 Å². The van der Waals surface area contributed by atoms with E-state index in [4.69, 9.17) is 4.42 Å². The van der Waals surface area contributed by atoms with Crippen LogP contribution in [0.3, 0.4) is 0 Å². The van der Waals surface area contributed by atoms with E-state index < -0.39 is 0 Å². The number of halogens is 1. The Morgan fingerprint density at radius 1 is 1.35 bits per heavy atom. The van der Waals surface area contributed by atoms with Gasteiger partial charge in [0.1, 0.15) is 0 Å². The van der Waals surface area contributed by atoms with Crippen molar-refractivity contribution in [3.63, 3.8) is 0 Å². The highest BCUT2D eigenvalue weighted by atomic mass is 79.9. The van der Waals surface area contributed by atoms with Crippen LogP contribution in [0.25, 0.3) is 11.5 Å². The van der Waals surface area contributed by atoms with Gasteiger partial charge in [-0.3, -0.25) is 0 Å². The number of hydrogen-bond donors (Lipinski definition) is 1. The lowest BCUT2D eigenvalue weighted by Crippen LogP contribution is -2.10. The van der Waals surface area contributed by atoms with E-state index in [-0.39, 0.29) is 0 Å². The highest BCUT2D eigenvalue weighted by molar-refractivity contribution is 9.10. The van der Waals surface area contributed by atoms with Crippen molar-refractivity contribution < 1.29 is 4.42 Å². The second kappa shape index (κ2) is 5.42. The summed E-state index contributed by atoms with van der Waals surface area (Å²) in [5, 5.41) is 11.1. The number of likely N-dealkylation sites (N-methyl/N-ethyl adjacent to an activating group) is 1. The predicted molar refractivity (Wildman–Crippen MR) is 69.8 cm³/mol. The normalized spacial score (nSPS) is 10.8. The van der Waals surface area contributed by atoms with Crippen molar-refractivity contribution in [2.75, 3.05) is 13.6 Å². The lowest BCUT2D eigenvalue weighted by Gasteiger charge is -2.00. The molecular weight excluding hydrogens is 282 g/mol. The molecule has 0 saturated carbocycles. The van der Waals surface area contributed by atoms with E-state index in [1.54, 1.807) is 0 Å². The van der Waals surface area contributed by atoms with Gasteiger partial charge in [-0.05, 0) is 47.6 Å². The number of benzene rings is 1. The number of aromatic nitrogens is 2. The van der Waals surface area contributed by atoms with Crippen molar-refractivity contribution in [2.24, 2.45) is 0 Å². The van der Waals surface area contributed by atoms with Gasteiger partial charge in [0.25, 0.3) is 0 Å². The molecule has 1 aromatic carbocycles. The summed E-state index contributed by atoms with van der Waals surface area (Å²) >= 11 is 3.51. The fourth-order valence-electron chi connectivity index (χ4n) is 1.49. The first-order chi connectivity index (χ1) is 8.20. The minimum absolute atomic E-state index is 0.558. The summed E-state index contributed by atoms with van der Waals surface area (Å²) in [7, 11) is 1.90. The first-order valence-electron chi connectivity index (χ1n) is 5.44. The third kappa shape index (κ3) is 2.92. The molecule has 0 radical (unpaired) electrons. The van der Waals surface area contributed by atoms with Crippen LogP contribution in [0.4, 0.5) is 0 Å². The molecule has 90 valence electrons. The SMILES string of the molecule is CNCCc1nnc(-c2ccc(C)cc2Br)o1. The van der Waals surface area contributed by atoms with Crippen molar-refractivity contribution >= 4 is 15.9 Å². The van der Waals surface area contributed by atoms with Crippen LogP contribution in [0, 0.1) is 6.92 Å². The lowest BCUT2D eigenvalue weighted by atomic mass is 10.1. The van der Waals surface area contributed by atoms with E-state index >= 15 is 0 Å². The van der Waals surface area contributed by atoms with Gasteiger partial charge in [0, 0.05) is 17.4 Å². The van der Waals surface area contributed by atoms with Gasteiger partial charge < -0.3 is 9.73 Å². The maximum Gasteiger partial charge on any atom is 0.248 e. The third-order valence-corrected chi connectivity index (χ3v) is 3.07. The highest BCUT2D eigenvalue weighted by Crippen LogP contribution is 2.27. The fraction of sp³-hybridized carbons (Fsp3) is 0.333. The molecule has 0 fully saturated rings. The summed E-state index contributed by atoms with van der Waals surface area (Å²) < 4.78 is 6.57. The number of nitrogens with one attached hydrogen (secondary N) is 1. The quantitative estimate of drug-likeness (QED) is 0.942. The Hall–Kier alpha value is -1.20. The topological polar surface area (TPSA) is 51.0 Å². The second-order valence-electron chi connectivity index (χ2n) is 3.84. The maximum absolute atomic E-state index is 5.60.